The molecular formula is C26H21F2N3OS. The van der Waals surface area contributed by atoms with Gasteiger partial charge in [-0.05, 0) is 73.5 Å². The Hall–Kier alpha value is -3.45. The number of aryl methyl sites for hydroxylation is 1. The Morgan fingerprint density at radius 1 is 0.879 bits per heavy atom. The Morgan fingerprint density at radius 2 is 1.52 bits per heavy atom. The van der Waals surface area contributed by atoms with Gasteiger partial charge in [-0.25, -0.2) is 18.5 Å². The van der Waals surface area contributed by atoms with E-state index in [-0.39, 0.29) is 16.9 Å². The Bertz CT molecular complexity index is 1310. The van der Waals surface area contributed by atoms with Crippen LogP contribution in [0.25, 0.3) is 5.69 Å². The summed E-state index contributed by atoms with van der Waals surface area (Å²) in [6.45, 7) is 4.33. The molecular weight excluding hydrogens is 440 g/mol. The summed E-state index contributed by atoms with van der Waals surface area (Å²) in [7, 11) is 0. The molecule has 0 spiro atoms. The van der Waals surface area contributed by atoms with Crippen molar-refractivity contribution in [3.8, 4) is 11.4 Å². The van der Waals surface area contributed by atoms with E-state index in [1.165, 1.54) is 24.3 Å². The van der Waals surface area contributed by atoms with Gasteiger partial charge >= 0.3 is 0 Å². The number of aliphatic imine (C=N–C) groups is 1. The molecule has 1 atom stereocenters. The Balaban J connectivity index is 1.41. The zero-order valence-electron chi connectivity index (χ0n) is 18.1. The number of hydrogen-bond donors (Lipinski definition) is 0. The van der Waals surface area contributed by atoms with Crippen LogP contribution in [0.5, 0.6) is 5.75 Å². The van der Waals surface area contributed by atoms with E-state index in [1.54, 1.807) is 40.7 Å². The molecule has 0 saturated heterocycles. The van der Waals surface area contributed by atoms with Gasteiger partial charge in [0.15, 0.2) is 5.82 Å². The van der Waals surface area contributed by atoms with Crippen LogP contribution in [0.4, 0.5) is 14.6 Å². The standard InChI is InChI=1S/C26H21F2N3OS/c1-16-24-25(19-5-13-23(14-6-19)32-15-18-3-7-20(27)8-4-18)33-17(2)29-26(24)31(30-16)22-11-9-21(28)10-12-22/h3-14,25H,15H2,1-2H3/t25-/m0/s1. The van der Waals surface area contributed by atoms with Crippen molar-refractivity contribution in [1.82, 2.24) is 9.78 Å². The van der Waals surface area contributed by atoms with Crippen LogP contribution >= 0.6 is 11.8 Å². The van der Waals surface area contributed by atoms with Crippen LogP contribution in [0.2, 0.25) is 0 Å². The van der Waals surface area contributed by atoms with Gasteiger partial charge in [0.25, 0.3) is 0 Å². The van der Waals surface area contributed by atoms with Crippen LogP contribution in [-0.4, -0.2) is 14.8 Å². The number of aromatic nitrogens is 2. The molecule has 0 fully saturated rings. The van der Waals surface area contributed by atoms with E-state index in [4.69, 9.17) is 14.8 Å². The van der Waals surface area contributed by atoms with Crippen LogP contribution in [0, 0.1) is 18.6 Å². The van der Waals surface area contributed by atoms with E-state index < -0.39 is 0 Å². The Morgan fingerprint density at radius 3 is 2.18 bits per heavy atom. The lowest BCUT2D eigenvalue weighted by Crippen LogP contribution is -2.06. The largest absolute Gasteiger partial charge is 0.489 e. The minimum Gasteiger partial charge on any atom is -0.489 e. The van der Waals surface area contributed by atoms with Crippen LogP contribution in [0.1, 0.15) is 34.6 Å². The fourth-order valence-electron chi connectivity index (χ4n) is 3.83. The van der Waals surface area contributed by atoms with E-state index in [0.717, 1.165) is 44.7 Å². The first-order valence-electron chi connectivity index (χ1n) is 10.5. The van der Waals surface area contributed by atoms with Crippen LogP contribution in [0.15, 0.2) is 77.8 Å². The number of ether oxygens (including phenoxy) is 1. The van der Waals surface area contributed by atoms with E-state index in [2.05, 4.69) is 12.1 Å². The highest BCUT2D eigenvalue weighted by molar-refractivity contribution is 8.14. The summed E-state index contributed by atoms with van der Waals surface area (Å²) < 4.78 is 34.1. The predicted octanol–water partition coefficient (Wildman–Crippen LogP) is 6.92. The Labute approximate surface area is 194 Å². The SMILES string of the molecule is CC1=Nc2c(c(C)nn2-c2ccc(F)cc2)[C@H](c2ccc(OCc3ccc(F)cc3)cc2)S1. The minimum absolute atomic E-state index is 0.0397. The van der Waals surface area contributed by atoms with E-state index in [0.29, 0.717) is 6.61 Å². The summed E-state index contributed by atoms with van der Waals surface area (Å²) in [5, 5.41) is 5.69. The zero-order valence-corrected chi connectivity index (χ0v) is 18.9. The van der Waals surface area contributed by atoms with Crippen molar-refractivity contribution in [2.45, 2.75) is 25.7 Å². The van der Waals surface area contributed by atoms with E-state index >= 15 is 0 Å². The average Bonchev–Trinajstić information content (AvgIpc) is 3.15. The summed E-state index contributed by atoms with van der Waals surface area (Å²) in [5.74, 6) is 0.973. The summed E-state index contributed by atoms with van der Waals surface area (Å²) in [6.07, 6.45) is 0. The molecule has 5 rings (SSSR count). The second-order valence-corrected chi connectivity index (χ2v) is 9.12. The molecule has 1 aliphatic heterocycles. The lowest BCUT2D eigenvalue weighted by molar-refractivity contribution is 0.306. The van der Waals surface area contributed by atoms with Gasteiger partial charge in [0.1, 0.15) is 24.0 Å². The smallest absolute Gasteiger partial charge is 0.161 e. The average molecular weight is 462 g/mol. The van der Waals surface area contributed by atoms with Crippen molar-refractivity contribution >= 4 is 22.6 Å². The number of benzene rings is 3. The van der Waals surface area contributed by atoms with Crippen LogP contribution < -0.4 is 4.74 Å². The van der Waals surface area contributed by atoms with Crippen LogP contribution in [-0.2, 0) is 6.61 Å². The molecule has 0 amide bonds. The quantitative estimate of drug-likeness (QED) is 0.324. The summed E-state index contributed by atoms with van der Waals surface area (Å²) >= 11 is 1.69. The highest BCUT2D eigenvalue weighted by Gasteiger charge is 2.30. The molecule has 166 valence electrons. The molecule has 7 heteroatoms. The molecule has 3 aromatic carbocycles. The topological polar surface area (TPSA) is 39.4 Å². The first kappa shape index (κ1) is 21.4. The van der Waals surface area contributed by atoms with Crippen molar-refractivity contribution in [2.75, 3.05) is 0 Å². The van der Waals surface area contributed by atoms with Crippen LogP contribution in [0.3, 0.4) is 0 Å². The minimum atomic E-state index is -0.286. The Kier molecular flexibility index (Phi) is 5.72. The summed E-state index contributed by atoms with van der Waals surface area (Å²) in [4.78, 5) is 4.76. The van der Waals surface area contributed by atoms with Gasteiger partial charge in [-0.15, -0.1) is 0 Å². The second kappa shape index (κ2) is 8.83. The maximum absolute atomic E-state index is 13.4. The van der Waals surface area contributed by atoms with E-state index in [1.807, 2.05) is 26.0 Å². The maximum atomic E-state index is 13.4. The van der Waals surface area contributed by atoms with Gasteiger partial charge in [-0.1, -0.05) is 36.0 Å². The third kappa shape index (κ3) is 4.41. The van der Waals surface area contributed by atoms with Crippen molar-refractivity contribution < 1.29 is 13.5 Å². The highest BCUT2D eigenvalue weighted by Crippen LogP contribution is 2.47. The predicted molar refractivity (Wildman–Crippen MR) is 128 cm³/mol. The first-order chi connectivity index (χ1) is 16.0. The van der Waals surface area contributed by atoms with Crippen molar-refractivity contribution in [1.29, 1.82) is 0 Å². The molecule has 2 heterocycles. The number of rotatable bonds is 5. The fraction of sp³-hybridized carbons (Fsp3) is 0.154. The molecule has 0 aliphatic carbocycles. The van der Waals surface area contributed by atoms with Crippen molar-refractivity contribution in [2.24, 2.45) is 4.99 Å². The third-order valence-electron chi connectivity index (χ3n) is 5.47. The molecule has 33 heavy (non-hydrogen) atoms. The molecule has 0 saturated carbocycles. The molecule has 4 nitrogen and oxygen atoms in total. The van der Waals surface area contributed by atoms with Gasteiger partial charge in [0.05, 0.1) is 21.7 Å². The third-order valence-corrected chi connectivity index (χ3v) is 6.64. The number of fused-ring (bicyclic) bond motifs is 1. The second-order valence-electron chi connectivity index (χ2n) is 7.82. The number of nitrogens with zero attached hydrogens (tertiary/aromatic N) is 3. The highest BCUT2D eigenvalue weighted by atomic mass is 32.2. The normalized spacial score (nSPS) is 15.2. The lowest BCUT2D eigenvalue weighted by Gasteiger charge is -2.22. The molecule has 4 aromatic rings. The molecule has 0 unspecified atom stereocenters. The zero-order chi connectivity index (χ0) is 22.9. The number of hydrogen-bond acceptors (Lipinski definition) is 4. The lowest BCUT2D eigenvalue weighted by atomic mass is 10.0. The summed E-state index contributed by atoms with van der Waals surface area (Å²) in [5.41, 5.74) is 4.73. The van der Waals surface area contributed by atoms with Gasteiger partial charge in [0, 0.05) is 5.56 Å². The molecule has 1 aliphatic rings. The molecule has 0 bridgehead atoms. The molecule has 0 N–H and O–H groups in total. The van der Waals surface area contributed by atoms with Gasteiger partial charge in [0.2, 0.25) is 0 Å². The van der Waals surface area contributed by atoms with Crippen molar-refractivity contribution in [3.63, 3.8) is 0 Å². The first-order valence-corrected chi connectivity index (χ1v) is 11.4. The molecule has 0 radical (unpaired) electrons. The van der Waals surface area contributed by atoms with Gasteiger partial charge < -0.3 is 4.74 Å². The number of halogens is 2. The van der Waals surface area contributed by atoms with Gasteiger partial charge in [-0.2, -0.15) is 5.10 Å². The summed E-state index contributed by atoms with van der Waals surface area (Å²) in [6, 6.07) is 20.5. The molecule has 1 aromatic heterocycles. The fourth-order valence-corrected chi connectivity index (χ4v) is 5.00. The van der Waals surface area contributed by atoms with Gasteiger partial charge in [-0.3, -0.25) is 0 Å². The van der Waals surface area contributed by atoms with E-state index in [9.17, 15) is 8.78 Å². The maximum Gasteiger partial charge on any atom is 0.161 e. The van der Waals surface area contributed by atoms with Crippen molar-refractivity contribution in [3.05, 3.63) is 107 Å². The number of thioether (sulfide) groups is 1. The monoisotopic (exact) mass is 461 g/mol.